The lowest BCUT2D eigenvalue weighted by atomic mass is 9.92. The molecule has 3 nitrogen and oxygen atoms in total. The van der Waals surface area contributed by atoms with Crippen LogP contribution in [-0.2, 0) is 6.54 Å². The monoisotopic (exact) mass is 304 g/mol. The van der Waals surface area contributed by atoms with Gasteiger partial charge in [-0.1, -0.05) is 18.2 Å². The first-order valence-corrected chi connectivity index (χ1v) is 7.35. The molecule has 0 saturated heterocycles. The maximum absolute atomic E-state index is 13.2. The number of aromatic nitrogens is 1. The summed E-state index contributed by atoms with van der Waals surface area (Å²) in [6, 6.07) is 15.9. The molecule has 23 heavy (non-hydrogen) atoms. The molecule has 2 aromatic carbocycles. The first-order valence-electron chi connectivity index (χ1n) is 7.35. The zero-order valence-corrected chi connectivity index (χ0v) is 12.2. The van der Waals surface area contributed by atoms with Crippen LogP contribution in [0.1, 0.15) is 15.9 Å². The molecule has 3 aromatic rings. The smallest absolute Gasteiger partial charge is 0.251 e. The van der Waals surface area contributed by atoms with Crippen LogP contribution >= 0.6 is 0 Å². The Kier molecular flexibility index (Phi) is 3.15. The number of nitrogens with zero attached hydrogens (tertiary/aromatic N) is 1. The Morgan fingerprint density at radius 1 is 0.957 bits per heavy atom. The van der Waals surface area contributed by atoms with Gasteiger partial charge in [-0.25, -0.2) is 4.39 Å². The third-order valence-corrected chi connectivity index (χ3v) is 4.02. The van der Waals surface area contributed by atoms with Crippen LogP contribution in [0.5, 0.6) is 0 Å². The van der Waals surface area contributed by atoms with Gasteiger partial charge in [0.2, 0.25) is 0 Å². The molecule has 1 amide bonds. The number of hydrogen-bond donors (Lipinski definition) is 1. The molecule has 4 rings (SSSR count). The lowest BCUT2D eigenvalue weighted by molar-refractivity contribution is 0.0966. The molecule has 0 fully saturated rings. The van der Waals surface area contributed by atoms with Gasteiger partial charge in [0, 0.05) is 23.9 Å². The maximum Gasteiger partial charge on any atom is 0.251 e. The summed E-state index contributed by atoms with van der Waals surface area (Å²) < 4.78 is 13.2. The number of amides is 1. The molecular formula is C19H13FN2O. The molecular weight excluding hydrogens is 291 g/mol. The summed E-state index contributed by atoms with van der Waals surface area (Å²) in [6.45, 7) is 0.525. The molecule has 0 bridgehead atoms. The van der Waals surface area contributed by atoms with Crippen molar-refractivity contribution in [1.82, 2.24) is 10.3 Å². The predicted molar refractivity (Wildman–Crippen MR) is 86.2 cm³/mol. The largest absolute Gasteiger partial charge is 0.348 e. The van der Waals surface area contributed by atoms with Gasteiger partial charge in [0.1, 0.15) is 5.82 Å². The second-order valence-corrected chi connectivity index (χ2v) is 5.46. The second-order valence-electron chi connectivity index (χ2n) is 5.46. The molecule has 0 atom stereocenters. The number of fused-ring (bicyclic) bond motifs is 1. The predicted octanol–water partition coefficient (Wildman–Crippen LogP) is 3.80. The molecule has 1 aliphatic heterocycles. The first kappa shape index (κ1) is 13.6. The van der Waals surface area contributed by atoms with Crippen molar-refractivity contribution in [2.45, 2.75) is 6.54 Å². The Balaban J connectivity index is 1.97. The minimum absolute atomic E-state index is 0.0732. The number of nitrogens with one attached hydrogen (secondary N) is 1. The SMILES string of the molecule is O=C1NCc2cc(-c3ccccn3)c(-c3ccc(F)cc3)cc21. The van der Waals surface area contributed by atoms with E-state index in [1.807, 2.05) is 30.3 Å². The molecule has 4 heteroatoms. The molecule has 0 aliphatic carbocycles. The summed E-state index contributed by atoms with van der Waals surface area (Å²) in [5.74, 6) is -0.358. The highest BCUT2D eigenvalue weighted by Crippen LogP contribution is 2.35. The quantitative estimate of drug-likeness (QED) is 0.782. The van der Waals surface area contributed by atoms with Crippen molar-refractivity contribution in [1.29, 1.82) is 0 Å². The second kappa shape index (κ2) is 5.32. The van der Waals surface area contributed by atoms with Crippen molar-refractivity contribution in [3.8, 4) is 22.4 Å². The fraction of sp³-hybridized carbons (Fsp3) is 0.0526. The van der Waals surface area contributed by atoms with Gasteiger partial charge in [-0.05, 0) is 53.1 Å². The van der Waals surface area contributed by atoms with Crippen LogP contribution in [0.4, 0.5) is 4.39 Å². The van der Waals surface area contributed by atoms with Crippen molar-refractivity contribution in [2.24, 2.45) is 0 Å². The van der Waals surface area contributed by atoms with Gasteiger partial charge in [0.15, 0.2) is 0 Å². The maximum atomic E-state index is 13.2. The molecule has 0 unspecified atom stereocenters. The van der Waals surface area contributed by atoms with Crippen LogP contribution in [0, 0.1) is 5.82 Å². The summed E-state index contributed by atoms with van der Waals surface area (Å²) in [6.07, 6.45) is 1.74. The number of carbonyl (C=O) groups excluding carboxylic acids is 1. The number of pyridine rings is 1. The number of benzene rings is 2. The fourth-order valence-electron chi connectivity index (χ4n) is 2.88. The van der Waals surface area contributed by atoms with Crippen LogP contribution in [0.15, 0.2) is 60.8 Å². The Bertz CT molecular complexity index is 889. The van der Waals surface area contributed by atoms with Crippen molar-refractivity contribution in [2.75, 3.05) is 0 Å². The normalized spacial score (nSPS) is 12.8. The van der Waals surface area contributed by atoms with E-state index >= 15 is 0 Å². The Hall–Kier alpha value is -3.01. The van der Waals surface area contributed by atoms with Crippen LogP contribution < -0.4 is 5.32 Å². The minimum Gasteiger partial charge on any atom is -0.348 e. The zero-order chi connectivity index (χ0) is 15.8. The molecule has 0 saturated carbocycles. The van der Waals surface area contributed by atoms with E-state index < -0.39 is 0 Å². The third kappa shape index (κ3) is 2.38. The Morgan fingerprint density at radius 3 is 2.52 bits per heavy atom. The molecule has 2 heterocycles. The fourth-order valence-corrected chi connectivity index (χ4v) is 2.88. The van der Waals surface area contributed by atoms with E-state index in [9.17, 15) is 9.18 Å². The highest BCUT2D eigenvalue weighted by molar-refractivity contribution is 6.01. The van der Waals surface area contributed by atoms with Gasteiger partial charge >= 0.3 is 0 Å². The van der Waals surface area contributed by atoms with Crippen LogP contribution in [0.25, 0.3) is 22.4 Å². The van der Waals surface area contributed by atoms with Gasteiger partial charge in [0.25, 0.3) is 5.91 Å². The average molecular weight is 304 g/mol. The van der Waals surface area contributed by atoms with E-state index in [1.54, 1.807) is 18.3 Å². The first-order chi connectivity index (χ1) is 11.2. The lowest BCUT2D eigenvalue weighted by Gasteiger charge is -2.12. The van der Waals surface area contributed by atoms with E-state index in [1.165, 1.54) is 12.1 Å². The third-order valence-electron chi connectivity index (χ3n) is 4.02. The van der Waals surface area contributed by atoms with Crippen LogP contribution in [0.2, 0.25) is 0 Å². The molecule has 1 N–H and O–H groups in total. The van der Waals surface area contributed by atoms with Crippen molar-refractivity contribution in [3.05, 3.63) is 77.7 Å². The van der Waals surface area contributed by atoms with Gasteiger partial charge in [-0.3, -0.25) is 9.78 Å². The number of halogens is 1. The van der Waals surface area contributed by atoms with Crippen molar-refractivity contribution < 1.29 is 9.18 Å². The van der Waals surface area contributed by atoms with E-state index in [0.29, 0.717) is 12.1 Å². The number of carbonyl (C=O) groups is 1. The van der Waals surface area contributed by atoms with E-state index in [4.69, 9.17) is 0 Å². The zero-order valence-electron chi connectivity index (χ0n) is 12.2. The summed E-state index contributed by atoms with van der Waals surface area (Å²) in [4.78, 5) is 16.4. The topological polar surface area (TPSA) is 42.0 Å². The summed E-state index contributed by atoms with van der Waals surface area (Å²) in [7, 11) is 0. The van der Waals surface area contributed by atoms with Gasteiger partial charge < -0.3 is 5.32 Å². The van der Waals surface area contributed by atoms with E-state index in [-0.39, 0.29) is 11.7 Å². The van der Waals surface area contributed by atoms with Crippen LogP contribution in [0.3, 0.4) is 0 Å². The van der Waals surface area contributed by atoms with E-state index in [2.05, 4.69) is 10.3 Å². The van der Waals surface area contributed by atoms with E-state index in [0.717, 1.165) is 27.9 Å². The lowest BCUT2D eigenvalue weighted by Crippen LogP contribution is -2.12. The minimum atomic E-state index is -0.285. The van der Waals surface area contributed by atoms with Gasteiger partial charge in [-0.15, -0.1) is 0 Å². The Morgan fingerprint density at radius 2 is 1.78 bits per heavy atom. The molecule has 1 aromatic heterocycles. The molecule has 1 aliphatic rings. The molecule has 112 valence electrons. The summed E-state index contributed by atoms with van der Waals surface area (Å²) >= 11 is 0. The number of rotatable bonds is 2. The highest BCUT2D eigenvalue weighted by atomic mass is 19.1. The summed E-state index contributed by atoms with van der Waals surface area (Å²) in [5.41, 5.74) is 5.13. The van der Waals surface area contributed by atoms with Gasteiger partial charge in [0.05, 0.1) is 5.69 Å². The number of hydrogen-bond acceptors (Lipinski definition) is 2. The molecule has 0 spiro atoms. The average Bonchev–Trinajstić information content (AvgIpc) is 2.96. The Labute approximate surface area is 132 Å². The highest BCUT2D eigenvalue weighted by Gasteiger charge is 2.22. The molecule has 0 radical (unpaired) electrons. The summed E-state index contributed by atoms with van der Waals surface area (Å²) in [5, 5.41) is 2.83. The van der Waals surface area contributed by atoms with Crippen molar-refractivity contribution in [3.63, 3.8) is 0 Å². The standard InChI is InChI=1S/C19H13FN2O/c20-14-6-4-12(5-7-14)15-10-16-13(11-22-19(16)23)9-17(15)18-3-1-2-8-21-18/h1-10H,11H2,(H,22,23). The van der Waals surface area contributed by atoms with Crippen molar-refractivity contribution >= 4 is 5.91 Å². The van der Waals surface area contributed by atoms with Crippen LogP contribution in [-0.4, -0.2) is 10.9 Å². The van der Waals surface area contributed by atoms with Gasteiger partial charge in [-0.2, -0.15) is 0 Å².